The second-order valence-corrected chi connectivity index (χ2v) is 6.82. The molecule has 1 aliphatic carbocycles. The first-order valence-corrected chi connectivity index (χ1v) is 9.38. The molecule has 2 aromatic rings. The third kappa shape index (κ3) is 4.25. The van der Waals surface area contributed by atoms with Crippen LogP contribution in [0.2, 0.25) is 0 Å². The largest absolute Gasteiger partial charge is 0.494 e. The summed E-state index contributed by atoms with van der Waals surface area (Å²) < 4.78 is 10.6. The Morgan fingerprint density at radius 3 is 2.46 bits per heavy atom. The number of rotatable bonds is 6. The molecule has 1 saturated carbocycles. The van der Waals surface area contributed by atoms with E-state index in [0.717, 1.165) is 24.3 Å². The maximum Gasteiger partial charge on any atom is 0.213 e. The highest BCUT2D eigenvalue weighted by molar-refractivity contribution is 7.80. The van der Waals surface area contributed by atoms with Gasteiger partial charge in [-0.1, -0.05) is 25.0 Å². The summed E-state index contributed by atoms with van der Waals surface area (Å²) in [4.78, 5) is 4.20. The zero-order chi connectivity index (χ0) is 18.4. The number of anilines is 1. The van der Waals surface area contributed by atoms with Crippen LogP contribution in [0, 0.1) is 0 Å². The molecule has 26 heavy (non-hydrogen) atoms. The molecule has 0 radical (unpaired) electrons. The van der Waals surface area contributed by atoms with E-state index in [2.05, 4.69) is 27.8 Å². The summed E-state index contributed by atoms with van der Waals surface area (Å²) in [6.07, 6.45) is 6.21. The molecule has 1 fully saturated rings. The first-order valence-electron chi connectivity index (χ1n) is 8.98. The van der Waals surface area contributed by atoms with Gasteiger partial charge in [0.25, 0.3) is 0 Å². The number of pyridine rings is 1. The van der Waals surface area contributed by atoms with Crippen molar-refractivity contribution in [1.82, 2.24) is 10.3 Å². The Labute approximate surface area is 160 Å². The average Bonchev–Trinajstić information content (AvgIpc) is 3.12. The Morgan fingerprint density at radius 2 is 1.88 bits per heavy atom. The standard InChI is InChI=1S/C20H25N3O2S/c1-3-25-17-9-6-15(7-10-17)20(12-4-5-13-20)23-19(26)22-16-8-11-18(24-2)21-14-16/h6-11,14H,3-5,12-13H2,1-2H3,(H2,22,23,26). The lowest BCUT2D eigenvalue weighted by atomic mass is 9.88. The molecule has 1 aliphatic rings. The molecule has 0 saturated heterocycles. The molecule has 3 rings (SSSR count). The van der Waals surface area contributed by atoms with E-state index in [0.29, 0.717) is 17.6 Å². The van der Waals surface area contributed by atoms with E-state index in [4.69, 9.17) is 21.7 Å². The van der Waals surface area contributed by atoms with E-state index in [1.807, 2.05) is 31.2 Å². The van der Waals surface area contributed by atoms with Crippen LogP contribution in [0.1, 0.15) is 38.2 Å². The highest BCUT2D eigenvalue weighted by atomic mass is 32.1. The van der Waals surface area contributed by atoms with Gasteiger partial charge in [-0.3, -0.25) is 0 Å². The lowest BCUT2D eigenvalue weighted by molar-refractivity contribution is 0.339. The van der Waals surface area contributed by atoms with Crippen molar-refractivity contribution in [2.45, 2.75) is 38.1 Å². The first-order chi connectivity index (χ1) is 12.6. The maximum absolute atomic E-state index is 5.57. The second kappa shape index (κ2) is 8.36. The van der Waals surface area contributed by atoms with Crippen LogP contribution in [-0.4, -0.2) is 23.8 Å². The van der Waals surface area contributed by atoms with Crippen molar-refractivity contribution in [3.63, 3.8) is 0 Å². The normalized spacial score (nSPS) is 15.3. The minimum atomic E-state index is -0.130. The molecule has 5 nitrogen and oxygen atoms in total. The van der Waals surface area contributed by atoms with Gasteiger partial charge in [0.15, 0.2) is 5.11 Å². The lowest BCUT2D eigenvalue weighted by Crippen LogP contribution is -2.45. The van der Waals surface area contributed by atoms with Crippen LogP contribution in [0.4, 0.5) is 5.69 Å². The van der Waals surface area contributed by atoms with E-state index in [1.54, 1.807) is 13.3 Å². The summed E-state index contributed by atoms with van der Waals surface area (Å²) in [6, 6.07) is 12.1. The van der Waals surface area contributed by atoms with E-state index in [9.17, 15) is 0 Å². The summed E-state index contributed by atoms with van der Waals surface area (Å²) in [6.45, 7) is 2.67. The SMILES string of the molecule is CCOc1ccc(C2(NC(=S)Nc3ccc(OC)nc3)CCCC2)cc1. The Hall–Kier alpha value is -2.34. The molecule has 6 heteroatoms. The Bertz CT molecular complexity index is 726. The lowest BCUT2D eigenvalue weighted by Gasteiger charge is -2.32. The maximum atomic E-state index is 5.57. The minimum absolute atomic E-state index is 0.130. The predicted molar refractivity (Wildman–Crippen MR) is 108 cm³/mol. The quantitative estimate of drug-likeness (QED) is 0.741. The molecular weight excluding hydrogens is 346 g/mol. The third-order valence-electron chi connectivity index (χ3n) is 4.73. The molecule has 138 valence electrons. The van der Waals surface area contributed by atoms with Gasteiger partial charge in [0.2, 0.25) is 5.88 Å². The molecule has 0 atom stereocenters. The van der Waals surface area contributed by atoms with Crippen LogP contribution in [0.15, 0.2) is 42.6 Å². The molecule has 0 aliphatic heterocycles. The summed E-state index contributed by atoms with van der Waals surface area (Å²) in [5.74, 6) is 1.48. The molecule has 0 amide bonds. The van der Waals surface area contributed by atoms with Crippen molar-refractivity contribution in [3.05, 3.63) is 48.2 Å². The van der Waals surface area contributed by atoms with Gasteiger partial charge in [-0.05, 0) is 55.7 Å². The van der Waals surface area contributed by atoms with Crippen molar-refractivity contribution in [1.29, 1.82) is 0 Å². The smallest absolute Gasteiger partial charge is 0.213 e. The number of hydrogen-bond donors (Lipinski definition) is 2. The van der Waals surface area contributed by atoms with Crippen LogP contribution in [0.25, 0.3) is 0 Å². The van der Waals surface area contributed by atoms with Gasteiger partial charge in [0, 0.05) is 6.07 Å². The molecule has 1 heterocycles. The van der Waals surface area contributed by atoms with Crippen LogP contribution in [0.3, 0.4) is 0 Å². The average molecular weight is 372 g/mol. The zero-order valence-corrected chi connectivity index (χ0v) is 16.1. The minimum Gasteiger partial charge on any atom is -0.494 e. The molecule has 1 aromatic heterocycles. The number of benzene rings is 1. The fourth-order valence-corrected chi connectivity index (χ4v) is 3.77. The number of ether oxygens (including phenoxy) is 2. The number of hydrogen-bond acceptors (Lipinski definition) is 4. The van der Waals surface area contributed by atoms with Crippen molar-refractivity contribution in [2.75, 3.05) is 19.0 Å². The van der Waals surface area contributed by atoms with Gasteiger partial charge in [0.05, 0.1) is 31.1 Å². The highest BCUT2D eigenvalue weighted by Crippen LogP contribution is 2.39. The number of nitrogens with zero attached hydrogens (tertiary/aromatic N) is 1. The molecular formula is C20H25N3O2S. The number of methoxy groups -OCH3 is 1. The first kappa shape index (κ1) is 18.5. The molecule has 0 unspecified atom stereocenters. The Morgan fingerprint density at radius 1 is 1.15 bits per heavy atom. The number of thiocarbonyl (C=S) groups is 1. The number of aromatic nitrogens is 1. The molecule has 0 spiro atoms. The Balaban J connectivity index is 1.71. The van der Waals surface area contributed by atoms with E-state index in [-0.39, 0.29) is 5.54 Å². The fourth-order valence-electron chi connectivity index (χ4n) is 3.46. The van der Waals surface area contributed by atoms with Gasteiger partial charge >= 0.3 is 0 Å². The van der Waals surface area contributed by atoms with Gasteiger partial charge < -0.3 is 20.1 Å². The van der Waals surface area contributed by atoms with Gasteiger partial charge in [-0.15, -0.1) is 0 Å². The predicted octanol–water partition coefficient (Wildman–Crippen LogP) is 4.24. The fraction of sp³-hybridized carbons (Fsp3) is 0.400. The van der Waals surface area contributed by atoms with Gasteiger partial charge in [-0.2, -0.15) is 0 Å². The van der Waals surface area contributed by atoms with Gasteiger partial charge in [-0.25, -0.2) is 4.98 Å². The zero-order valence-electron chi connectivity index (χ0n) is 15.2. The molecule has 1 aromatic carbocycles. The topological polar surface area (TPSA) is 55.4 Å². The van der Waals surface area contributed by atoms with Crippen LogP contribution >= 0.6 is 12.2 Å². The van der Waals surface area contributed by atoms with Crippen molar-refractivity contribution < 1.29 is 9.47 Å². The van der Waals surface area contributed by atoms with Crippen LogP contribution in [0.5, 0.6) is 11.6 Å². The summed E-state index contributed by atoms with van der Waals surface area (Å²) in [5, 5.41) is 7.39. The second-order valence-electron chi connectivity index (χ2n) is 6.41. The number of nitrogens with one attached hydrogen (secondary N) is 2. The van der Waals surface area contributed by atoms with E-state index in [1.165, 1.54) is 18.4 Å². The molecule has 2 N–H and O–H groups in total. The summed E-state index contributed by atoms with van der Waals surface area (Å²) >= 11 is 5.57. The van der Waals surface area contributed by atoms with Crippen molar-refractivity contribution in [3.8, 4) is 11.6 Å². The van der Waals surface area contributed by atoms with Crippen molar-refractivity contribution in [2.24, 2.45) is 0 Å². The van der Waals surface area contributed by atoms with Crippen molar-refractivity contribution >= 4 is 23.0 Å². The van der Waals surface area contributed by atoms with E-state index >= 15 is 0 Å². The highest BCUT2D eigenvalue weighted by Gasteiger charge is 2.36. The Kier molecular flexibility index (Phi) is 5.93. The summed E-state index contributed by atoms with van der Waals surface area (Å²) in [7, 11) is 1.60. The monoisotopic (exact) mass is 371 g/mol. The van der Waals surface area contributed by atoms with Crippen LogP contribution < -0.4 is 20.1 Å². The third-order valence-corrected chi connectivity index (χ3v) is 4.94. The summed E-state index contributed by atoms with van der Waals surface area (Å²) in [5.41, 5.74) is 1.95. The van der Waals surface area contributed by atoms with Gasteiger partial charge in [0.1, 0.15) is 5.75 Å². The van der Waals surface area contributed by atoms with Crippen LogP contribution in [-0.2, 0) is 5.54 Å². The van der Waals surface area contributed by atoms with E-state index < -0.39 is 0 Å². The molecule has 0 bridgehead atoms.